The predicted octanol–water partition coefficient (Wildman–Crippen LogP) is 5.91. The zero-order chi connectivity index (χ0) is 28.9. The van der Waals surface area contributed by atoms with Crippen molar-refractivity contribution in [1.29, 1.82) is 0 Å². The van der Waals surface area contributed by atoms with Crippen molar-refractivity contribution in [2.75, 3.05) is 18.0 Å². The summed E-state index contributed by atoms with van der Waals surface area (Å²) >= 11 is 8.49. The van der Waals surface area contributed by atoms with Gasteiger partial charge in [0.1, 0.15) is 5.82 Å². The fourth-order valence-corrected chi connectivity index (χ4v) is 6.53. The van der Waals surface area contributed by atoms with Gasteiger partial charge in [-0.15, -0.1) is 0 Å². The van der Waals surface area contributed by atoms with Crippen LogP contribution in [0.1, 0.15) is 50.4 Å². The van der Waals surface area contributed by atoms with Crippen molar-refractivity contribution in [1.82, 2.24) is 24.4 Å². The Morgan fingerprint density at radius 1 is 1.15 bits per heavy atom. The fraction of sp³-hybridized carbons (Fsp3) is 0.367. The Labute approximate surface area is 243 Å². The highest BCUT2D eigenvalue weighted by Crippen LogP contribution is 2.37. The Balaban J connectivity index is 1.82. The zero-order valence-corrected chi connectivity index (χ0v) is 25.2. The van der Waals surface area contributed by atoms with Crippen LogP contribution in [0.25, 0.3) is 28.0 Å². The number of pyridine rings is 2. The number of hydrogen-bond acceptors (Lipinski definition) is 7. The van der Waals surface area contributed by atoms with E-state index in [1.807, 2.05) is 45.2 Å². The summed E-state index contributed by atoms with van der Waals surface area (Å²) in [6, 6.07) is 3.56. The fourth-order valence-electron chi connectivity index (χ4n) is 5.45. The summed E-state index contributed by atoms with van der Waals surface area (Å²) in [5.41, 5.74) is 5.04. The van der Waals surface area contributed by atoms with Gasteiger partial charge in [-0.1, -0.05) is 32.0 Å². The number of piperazine rings is 1. The van der Waals surface area contributed by atoms with Gasteiger partial charge in [-0.3, -0.25) is 9.78 Å². The predicted molar refractivity (Wildman–Crippen MR) is 163 cm³/mol. The molecule has 4 aromatic rings. The molecule has 5 heterocycles. The smallest absolute Gasteiger partial charge is 0.349 e. The number of fused-ring (bicyclic) bond motifs is 1. The molecule has 1 amide bonds. The van der Waals surface area contributed by atoms with Crippen molar-refractivity contribution >= 4 is 45.7 Å². The van der Waals surface area contributed by atoms with Crippen LogP contribution in [0, 0.1) is 13.8 Å². The normalized spacial score (nSPS) is 17.6. The van der Waals surface area contributed by atoms with Crippen LogP contribution in [-0.2, 0) is 4.79 Å². The maximum atomic E-state index is 14.0. The first kappa shape index (κ1) is 28.0. The lowest BCUT2D eigenvalue weighted by molar-refractivity contribution is -0.128. The van der Waals surface area contributed by atoms with E-state index >= 15 is 0 Å². The number of carbonyl (C=O) groups excluding carboxylic acids is 1. The molecule has 40 heavy (non-hydrogen) atoms. The van der Waals surface area contributed by atoms with E-state index in [1.165, 1.54) is 6.08 Å². The van der Waals surface area contributed by atoms with E-state index in [9.17, 15) is 9.59 Å². The molecule has 1 aliphatic rings. The molecule has 0 N–H and O–H groups in total. The average molecular weight is 577 g/mol. The molecule has 8 nitrogen and oxygen atoms in total. The molecule has 0 aromatic carbocycles. The van der Waals surface area contributed by atoms with Crippen LogP contribution in [0.15, 0.2) is 46.5 Å². The lowest BCUT2D eigenvalue weighted by atomic mass is 10.0. The minimum Gasteiger partial charge on any atom is -0.349 e. The summed E-state index contributed by atoms with van der Waals surface area (Å²) in [6.07, 6.45) is 3.11. The summed E-state index contributed by atoms with van der Waals surface area (Å²) in [4.78, 5) is 44.7. The number of carbonyl (C=O) groups is 1. The van der Waals surface area contributed by atoms with Crippen LogP contribution in [0.4, 0.5) is 5.82 Å². The van der Waals surface area contributed by atoms with Gasteiger partial charge in [0.15, 0.2) is 5.65 Å². The van der Waals surface area contributed by atoms with Gasteiger partial charge in [0.2, 0.25) is 5.91 Å². The van der Waals surface area contributed by atoms with Crippen LogP contribution in [-0.4, -0.2) is 55.5 Å². The van der Waals surface area contributed by atoms with Crippen molar-refractivity contribution in [2.24, 2.45) is 0 Å². The van der Waals surface area contributed by atoms with Crippen molar-refractivity contribution in [3.63, 3.8) is 0 Å². The Hall–Kier alpha value is -3.56. The van der Waals surface area contributed by atoms with E-state index in [0.29, 0.717) is 46.3 Å². The Morgan fingerprint density at radius 3 is 2.55 bits per heavy atom. The lowest BCUT2D eigenvalue weighted by Gasteiger charge is -2.44. The van der Waals surface area contributed by atoms with Crippen molar-refractivity contribution < 1.29 is 4.79 Å². The molecule has 1 fully saturated rings. The van der Waals surface area contributed by atoms with Gasteiger partial charge in [-0.2, -0.15) is 16.3 Å². The molecular weight excluding hydrogens is 544 g/mol. The zero-order valence-electron chi connectivity index (χ0n) is 23.6. The maximum Gasteiger partial charge on any atom is 0.355 e. The molecule has 0 aliphatic carbocycles. The van der Waals surface area contributed by atoms with Crippen molar-refractivity contribution in [3.05, 3.63) is 74.1 Å². The number of amides is 1. The van der Waals surface area contributed by atoms with Crippen molar-refractivity contribution in [2.45, 2.75) is 59.5 Å². The van der Waals surface area contributed by atoms with Gasteiger partial charge < -0.3 is 9.80 Å². The third kappa shape index (κ3) is 4.71. The van der Waals surface area contributed by atoms with Crippen molar-refractivity contribution in [3.8, 4) is 16.9 Å². The van der Waals surface area contributed by atoms with Crippen LogP contribution in [0.3, 0.4) is 0 Å². The molecule has 0 saturated carbocycles. The van der Waals surface area contributed by atoms with E-state index in [1.54, 1.807) is 27.0 Å². The lowest BCUT2D eigenvalue weighted by Crippen LogP contribution is -2.58. The van der Waals surface area contributed by atoms with E-state index in [4.69, 9.17) is 16.6 Å². The van der Waals surface area contributed by atoms with Crippen LogP contribution >= 0.6 is 22.9 Å². The highest BCUT2D eigenvalue weighted by molar-refractivity contribution is 7.08. The highest BCUT2D eigenvalue weighted by Gasteiger charge is 2.34. The topological polar surface area (TPSA) is 84.2 Å². The van der Waals surface area contributed by atoms with E-state index in [0.717, 1.165) is 22.4 Å². The summed E-state index contributed by atoms with van der Waals surface area (Å²) < 4.78 is 1.59. The van der Waals surface area contributed by atoms with Crippen LogP contribution in [0.2, 0.25) is 5.02 Å². The molecule has 5 rings (SSSR count). The molecule has 10 heteroatoms. The van der Waals surface area contributed by atoms with Gasteiger partial charge >= 0.3 is 5.69 Å². The SMILES string of the molecule is C=CC(=O)N1C[C@H](C)N(c2nc(=O)n(-c3c(C)ccnc3C(C)C)c3nc(-c4cscc4C)c(Cl)cc23)C[C@H]1C. The largest absolute Gasteiger partial charge is 0.355 e. The summed E-state index contributed by atoms with van der Waals surface area (Å²) in [5.74, 6) is 0.469. The second-order valence-corrected chi connectivity index (χ2v) is 11.9. The van der Waals surface area contributed by atoms with Gasteiger partial charge in [-0.25, -0.2) is 14.3 Å². The summed E-state index contributed by atoms with van der Waals surface area (Å²) in [6.45, 7) is 16.7. The Morgan fingerprint density at radius 2 is 1.90 bits per heavy atom. The third-order valence-electron chi connectivity index (χ3n) is 7.55. The quantitative estimate of drug-likeness (QED) is 0.275. The monoisotopic (exact) mass is 576 g/mol. The van der Waals surface area contributed by atoms with Gasteiger partial charge in [0.25, 0.3) is 0 Å². The van der Waals surface area contributed by atoms with Gasteiger partial charge in [0.05, 0.1) is 27.5 Å². The van der Waals surface area contributed by atoms with Crippen LogP contribution in [0.5, 0.6) is 0 Å². The van der Waals surface area contributed by atoms with Crippen LogP contribution < -0.4 is 10.6 Å². The standard InChI is InChI=1S/C30H33ClN6O2S/c1-8-24(38)35-12-20(7)36(13-19(35)6)28-21-11-23(31)26(22-15-40-14-18(22)5)33-29(21)37(30(39)34-28)27-17(4)9-10-32-25(27)16(2)3/h8-11,14-16,19-20H,1,12-13H2,2-7H3/t19-,20+/m1/s1. The molecule has 4 aromatic heterocycles. The summed E-state index contributed by atoms with van der Waals surface area (Å²) in [5, 5.41) is 5.23. The molecule has 2 atom stereocenters. The number of aryl methyl sites for hydroxylation is 2. The average Bonchev–Trinajstić information content (AvgIpc) is 3.34. The summed E-state index contributed by atoms with van der Waals surface area (Å²) in [7, 11) is 0. The molecule has 1 aliphatic heterocycles. The number of hydrogen-bond donors (Lipinski definition) is 0. The number of rotatable bonds is 5. The minimum atomic E-state index is -0.437. The van der Waals surface area contributed by atoms with E-state index < -0.39 is 5.69 Å². The first-order valence-corrected chi connectivity index (χ1v) is 14.7. The second kappa shape index (κ2) is 10.8. The third-order valence-corrected chi connectivity index (χ3v) is 8.70. The second-order valence-electron chi connectivity index (χ2n) is 10.8. The molecule has 0 spiro atoms. The number of nitrogens with zero attached hydrogens (tertiary/aromatic N) is 6. The number of thiophene rings is 1. The molecule has 0 bridgehead atoms. The van der Waals surface area contributed by atoms with E-state index in [-0.39, 0.29) is 23.9 Å². The molecule has 0 unspecified atom stereocenters. The van der Waals surface area contributed by atoms with Gasteiger partial charge in [-0.05, 0) is 68.3 Å². The van der Waals surface area contributed by atoms with Gasteiger partial charge in [0, 0.05) is 42.3 Å². The number of halogens is 1. The molecule has 1 saturated heterocycles. The van der Waals surface area contributed by atoms with E-state index in [2.05, 4.69) is 40.7 Å². The highest BCUT2D eigenvalue weighted by atomic mass is 35.5. The first-order chi connectivity index (χ1) is 19.0. The first-order valence-electron chi connectivity index (χ1n) is 13.3. The molecule has 208 valence electrons. The minimum absolute atomic E-state index is 0.0683. The molecule has 0 radical (unpaired) electrons. The Kier molecular flexibility index (Phi) is 7.54. The number of aromatic nitrogens is 4. The molecular formula is C30H33ClN6O2S. The number of anilines is 1. The maximum absolute atomic E-state index is 14.0. The Bertz CT molecular complexity index is 1690.